The van der Waals surface area contributed by atoms with Crippen molar-refractivity contribution >= 4 is 22.6 Å². The standard InChI is InChI=1S/C19H18N2O4/c1-3-12-4-6-14(7-5-12)21-18(23)16-8-15-13(10-22)9-20-11(2)17(15)25-19(16)24/h4-9,22H,3,10H2,1-2H3,(H,21,23). The van der Waals surface area contributed by atoms with Crippen LogP contribution in [-0.2, 0) is 13.0 Å². The quantitative estimate of drug-likeness (QED) is 0.763. The van der Waals surface area contributed by atoms with E-state index in [1.165, 1.54) is 12.3 Å². The van der Waals surface area contributed by atoms with Crippen LogP contribution in [0, 0.1) is 6.92 Å². The smallest absolute Gasteiger partial charge is 0.349 e. The molecule has 3 aromatic rings. The molecule has 0 aliphatic carbocycles. The maximum Gasteiger partial charge on any atom is 0.349 e. The number of aromatic nitrogens is 1. The van der Waals surface area contributed by atoms with Crippen LogP contribution < -0.4 is 10.9 Å². The van der Waals surface area contributed by atoms with Crippen LogP contribution in [0.3, 0.4) is 0 Å². The highest BCUT2D eigenvalue weighted by atomic mass is 16.4. The fourth-order valence-corrected chi connectivity index (χ4v) is 2.59. The Morgan fingerprint density at radius 3 is 2.64 bits per heavy atom. The molecule has 2 N–H and O–H groups in total. The number of hydrogen-bond donors (Lipinski definition) is 2. The number of aliphatic hydroxyl groups excluding tert-OH is 1. The molecule has 6 heteroatoms. The Hall–Kier alpha value is -2.99. The Bertz CT molecular complexity index is 991. The van der Waals surface area contributed by atoms with Gasteiger partial charge in [-0.15, -0.1) is 0 Å². The van der Waals surface area contributed by atoms with Crippen molar-refractivity contribution in [2.24, 2.45) is 0 Å². The number of nitrogens with zero attached hydrogens (tertiary/aromatic N) is 1. The average molecular weight is 338 g/mol. The number of hydrogen-bond acceptors (Lipinski definition) is 5. The lowest BCUT2D eigenvalue weighted by Crippen LogP contribution is -2.21. The Balaban J connectivity index is 2.00. The van der Waals surface area contributed by atoms with Crippen molar-refractivity contribution in [3.05, 3.63) is 69.3 Å². The van der Waals surface area contributed by atoms with E-state index >= 15 is 0 Å². The van der Waals surface area contributed by atoms with Crippen molar-refractivity contribution in [3.8, 4) is 0 Å². The van der Waals surface area contributed by atoms with Crippen LogP contribution in [0.1, 0.15) is 34.1 Å². The number of pyridine rings is 1. The Morgan fingerprint density at radius 2 is 2.00 bits per heavy atom. The van der Waals surface area contributed by atoms with Gasteiger partial charge >= 0.3 is 5.63 Å². The fourth-order valence-electron chi connectivity index (χ4n) is 2.59. The summed E-state index contributed by atoms with van der Waals surface area (Å²) in [6.07, 6.45) is 2.41. The second-order valence-corrected chi connectivity index (χ2v) is 5.72. The van der Waals surface area contributed by atoms with Gasteiger partial charge in [-0.3, -0.25) is 9.78 Å². The number of nitrogens with one attached hydrogen (secondary N) is 1. The number of carbonyl (C=O) groups is 1. The molecule has 0 aliphatic rings. The molecule has 0 unspecified atom stereocenters. The number of carbonyl (C=O) groups excluding carboxylic acids is 1. The number of anilines is 1. The highest BCUT2D eigenvalue weighted by molar-refractivity contribution is 6.05. The van der Waals surface area contributed by atoms with Crippen molar-refractivity contribution in [1.29, 1.82) is 0 Å². The highest BCUT2D eigenvalue weighted by Crippen LogP contribution is 2.21. The molecule has 1 amide bonds. The zero-order valence-electron chi connectivity index (χ0n) is 14.0. The maximum absolute atomic E-state index is 12.5. The minimum absolute atomic E-state index is 0.118. The van der Waals surface area contributed by atoms with Gasteiger partial charge in [0.05, 0.1) is 12.3 Å². The van der Waals surface area contributed by atoms with Crippen molar-refractivity contribution in [1.82, 2.24) is 4.98 Å². The first-order valence-corrected chi connectivity index (χ1v) is 7.97. The summed E-state index contributed by atoms with van der Waals surface area (Å²) >= 11 is 0. The third-order valence-electron chi connectivity index (χ3n) is 4.07. The molecule has 2 heterocycles. The van der Waals surface area contributed by atoms with E-state index < -0.39 is 11.5 Å². The fraction of sp³-hybridized carbons (Fsp3) is 0.211. The van der Waals surface area contributed by atoms with E-state index in [1.54, 1.807) is 19.1 Å². The van der Waals surface area contributed by atoms with Crippen LogP contribution in [0.15, 0.2) is 45.7 Å². The molecule has 0 atom stereocenters. The lowest BCUT2D eigenvalue weighted by atomic mass is 10.1. The first-order valence-electron chi connectivity index (χ1n) is 7.97. The lowest BCUT2D eigenvalue weighted by Gasteiger charge is -2.08. The third-order valence-corrected chi connectivity index (χ3v) is 4.07. The van der Waals surface area contributed by atoms with Gasteiger partial charge in [0.1, 0.15) is 5.56 Å². The zero-order chi connectivity index (χ0) is 18.0. The van der Waals surface area contributed by atoms with Gasteiger partial charge < -0.3 is 14.8 Å². The molecule has 0 radical (unpaired) electrons. The molecular formula is C19H18N2O4. The van der Waals surface area contributed by atoms with Gasteiger partial charge in [0.15, 0.2) is 5.58 Å². The third kappa shape index (κ3) is 3.29. The van der Waals surface area contributed by atoms with E-state index in [0.717, 1.165) is 12.0 Å². The number of fused-ring (bicyclic) bond motifs is 1. The molecule has 0 saturated carbocycles. The number of aryl methyl sites for hydroxylation is 2. The minimum atomic E-state index is -0.741. The van der Waals surface area contributed by atoms with Crippen molar-refractivity contribution < 1.29 is 14.3 Å². The van der Waals surface area contributed by atoms with Crippen LogP contribution in [0.4, 0.5) is 5.69 Å². The average Bonchev–Trinajstić information content (AvgIpc) is 2.62. The normalized spacial score (nSPS) is 10.8. The van der Waals surface area contributed by atoms with E-state index in [-0.39, 0.29) is 17.8 Å². The maximum atomic E-state index is 12.5. The zero-order valence-corrected chi connectivity index (χ0v) is 14.0. The van der Waals surface area contributed by atoms with Crippen LogP contribution >= 0.6 is 0 Å². The summed E-state index contributed by atoms with van der Waals surface area (Å²) in [4.78, 5) is 28.8. The van der Waals surface area contributed by atoms with Crippen molar-refractivity contribution in [2.75, 3.05) is 5.32 Å². The van der Waals surface area contributed by atoms with Crippen LogP contribution in [0.2, 0.25) is 0 Å². The molecule has 0 fully saturated rings. The monoisotopic (exact) mass is 338 g/mol. The Morgan fingerprint density at radius 1 is 1.28 bits per heavy atom. The van der Waals surface area contributed by atoms with Gasteiger partial charge in [0, 0.05) is 22.8 Å². The summed E-state index contributed by atoms with van der Waals surface area (Å²) in [7, 11) is 0. The van der Waals surface area contributed by atoms with E-state index in [1.807, 2.05) is 19.1 Å². The largest absolute Gasteiger partial charge is 0.420 e. The van der Waals surface area contributed by atoms with E-state index in [4.69, 9.17) is 4.42 Å². The van der Waals surface area contributed by atoms with E-state index in [9.17, 15) is 14.7 Å². The number of benzene rings is 1. The second-order valence-electron chi connectivity index (χ2n) is 5.72. The molecule has 25 heavy (non-hydrogen) atoms. The second kappa shape index (κ2) is 6.86. The summed E-state index contributed by atoms with van der Waals surface area (Å²) in [5, 5.41) is 12.6. The molecule has 0 spiro atoms. The first kappa shape index (κ1) is 16.9. The molecule has 3 rings (SSSR count). The van der Waals surface area contributed by atoms with Crippen molar-refractivity contribution in [2.45, 2.75) is 26.9 Å². The van der Waals surface area contributed by atoms with E-state index in [2.05, 4.69) is 10.3 Å². The summed E-state index contributed by atoms with van der Waals surface area (Å²) in [6.45, 7) is 3.47. The lowest BCUT2D eigenvalue weighted by molar-refractivity contribution is 0.102. The molecule has 0 bridgehead atoms. The van der Waals surface area contributed by atoms with Crippen molar-refractivity contribution in [3.63, 3.8) is 0 Å². The number of rotatable bonds is 4. The minimum Gasteiger partial charge on any atom is -0.420 e. The van der Waals surface area contributed by atoms with Gasteiger partial charge in [-0.05, 0) is 37.1 Å². The van der Waals surface area contributed by atoms with Gasteiger partial charge in [-0.1, -0.05) is 19.1 Å². The van der Waals surface area contributed by atoms with Gasteiger partial charge in [-0.2, -0.15) is 0 Å². The first-order chi connectivity index (χ1) is 12.0. The highest BCUT2D eigenvalue weighted by Gasteiger charge is 2.17. The van der Waals surface area contributed by atoms with Gasteiger partial charge in [0.25, 0.3) is 5.91 Å². The van der Waals surface area contributed by atoms with Crippen LogP contribution in [0.25, 0.3) is 11.0 Å². The summed E-state index contributed by atoms with van der Waals surface area (Å²) in [5.74, 6) is -0.557. The number of aliphatic hydroxyl groups is 1. The Labute approximate surface area is 144 Å². The molecule has 1 aromatic carbocycles. The predicted octanol–water partition coefficient (Wildman–Crippen LogP) is 2.80. The van der Waals surface area contributed by atoms with Gasteiger partial charge in [0.2, 0.25) is 0 Å². The SMILES string of the molecule is CCc1ccc(NC(=O)c2cc3c(CO)cnc(C)c3oc2=O)cc1. The summed E-state index contributed by atoms with van der Waals surface area (Å²) in [5.41, 5.74) is 2.17. The molecule has 0 saturated heterocycles. The summed E-state index contributed by atoms with van der Waals surface area (Å²) in [6, 6.07) is 8.84. The van der Waals surface area contributed by atoms with E-state index in [0.29, 0.717) is 22.3 Å². The van der Waals surface area contributed by atoms with Crippen LogP contribution in [-0.4, -0.2) is 16.0 Å². The number of amides is 1. The molecule has 6 nitrogen and oxygen atoms in total. The topological polar surface area (TPSA) is 92.4 Å². The van der Waals surface area contributed by atoms with Crippen LogP contribution in [0.5, 0.6) is 0 Å². The summed E-state index contributed by atoms with van der Waals surface area (Å²) < 4.78 is 5.27. The van der Waals surface area contributed by atoms with Gasteiger partial charge in [-0.25, -0.2) is 4.79 Å². The molecule has 128 valence electrons. The Kier molecular flexibility index (Phi) is 4.63. The molecule has 0 aliphatic heterocycles. The molecule has 2 aromatic heterocycles. The molecular weight excluding hydrogens is 320 g/mol. The predicted molar refractivity (Wildman–Crippen MR) is 94.7 cm³/mol.